The van der Waals surface area contributed by atoms with Crippen molar-refractivity contribution >= 4 is 16.9 Å². The fourth-order valence-corrected chi connectivity index (χ4v) is 3.22. The molecule has 0 aliphatic heterocycles. The average molecular weight is 289 g/mol. The molecule has 1 saturated carbocycles. The Balaban J connectivity index is 1.83. The van der Waals surface area contributed by atoms with Crippen LogP contribution in [0.1, 0.15) is 49.2 Å². The largest absolute Gasteiger partial charge is 0.451 e. The minimum absolute atomic E-state index is 0.192. The Bertz CT molecular complexity index is 702. The van der Waals surface area contributed by atoms with Crippen molar-refractivity contribution in [2.24, 2.45) is 5.41 Å². The highest BCUT2D eigenvalue weighted by Gasteiger charge is 2.32. The van der Waals surface area contributed by atoms with Crippen LogP contribution in [-0.2, 0) is 0 Å². The van der Waals surface area contributed by atoms with Crippen molar-refractivity contribution in [3.63, 3.8) is 0 Å². The number of furan rings is 1. The van der Waals surface area contributed by atoms with Crippen LogP contribution in [0.25, 0.3) is 11.0 Å². The van der Waals surface area contributed by atoms with Gasteiger partial charge in [-0.1, -0.05) is 13.8 Å². The Labute approximate surface area is 123 Å². The molecule has 1 aliphatic rings. The standard InChI is InChI=1S/C17H20FNO2/c1-10-13-8-11(18)4-5-14(13)21-15(10)16(20)19-12-6-7-17(2,3)9-12/h4-5,8,12H,6-7,9H2,1-3H3,(H,19,20). The summed E-state index contributed by atoms with van der Waals surface area (Å²) in [7, 11) is 0. The molecular formula is C17H20FNO2. The summed E-state index contributed by atoms with van der Waals surface area (Å²) >= 11 is 0. The van der Waals surface area contributed by atoms with Crippen LogP contribution in [0.5, 0.6) is 0 Å². The van der Waals surface area contributed by atoms with Crippen molar-refractivity contribution in [2.45, 2.75) is 46.1 Å². The third kappa shape index (κ3) is 2.67. The van der Waals surface area contributed by atoms with Crippen LogP contribution < -0.4 is 5.32 Å². The molecule has 1 aromatic heterocycles. The van der Waals surface area contributed by atoms with E-state index in [0.29, 0.717) is 22.3 Å². The first-order valence-electron chi connectivity index (χ1n) is 7.35. The van der Waals surface area contributed by atoms with Crippen molar-refractivity contribution in [1.82, 2.24) is 5.32 Å². The van der Waals surface area contributed by atoms with E-state index < -0.39 is 0 Å². The molecule has 1 heterocycles. The second-order valence-corrected chi connectivity index (χ2v) is 6.77. The molecule has 1 unspecified atom stereocenters. The average Bonchev–Trinajstić information content (AvgIpc) is 2.90. The van der Waals surface area contributed by atoms with Gasteiger partial charge >= 0.3 is 0 Å². The lowest BCUT2D eigenvalue weighted by molar-refractivity contribution is 0.0909. The number of halogens is 1. The quantitative estimate of drug-likeness (QED) is 0.900. The van der Waals surface area contributed by atoms with Crippen molar-refractivity contribution in [1.29, 1.82) is 0 Å². The Kier molecular flexibility index (Phi) is 3.27. The maximum absolute atomic E-state index is 13.3. The van der Waals surface area contributed by atoms with Gasteiger partial charge in [-0.3, -0.25) is 4.79 Å². The zero-order valence-electron chi connectivity index (χ0n) is 12.6. The van der Waals surface area contributed by atoms with Crippen molar-refractivity contribution in [2.75, 3.05) is 0 Å². The number of benzene rings is 1. The lowest BCUT2D eigenvalue weighted by atomic mass is 9.92. The zero-order chi connectivity index (χ0) is 15.2. The van der Waals surface area contributed by atoms with E-state index in [0.717, 1.165) is 19.3 Å². The molecule has 21 heavy (non-hydrogen) atoms. The summed E-state index contributed by atoms with van der Waals surface area (Å²) in [4.78, 5) is 12.4. The highest BCUT2D eigenvalue weighted by molar-refractivity contribution is 5.99. The lowest BCUT2D eigenvalue weighted by Crippen LogP contribution is -2.33. The molecule has 1 aromatic carbocycles. The first kappa shape index (κ1) is 14.1. The van der Waals surface area contributed by atoms with Crippen LogP contribution in [0, 0.1) is 18.2 Å². The van der Waals surface area contributed by atoms with Gasteiger partial charge in [0, 0.05) is 17.0 Å². The van der Waals surface area contributed by atoms with Gasteiger partial charge in [-0.15, -0.1) is 0 Å². The minimum Gasteiger partial charge on any atom is -0.451 e. The van der Waals surface area contributed by atoms with E-state index in [2.05, 4.69) is 19.2 Å². The smallest absolute Gasteiger partial charge is 0.287 e. The second kappa shape index (κ2) is 4.86. The Morgan fingerprint density at radius 1 is 1.43 bits per heavy atom. The summed E-state index contributed by atoms with van der Waals surface area (Å²) in [6.07, 6.45) is 3.08. The fraction of sp³-hybridized carbons (Fsp3) is 0.471. The Morgan fingerprint density at radius 3 is 2.86 bits per heavy atom. The predicted molar refractivity (Wildman–Crippen MR) is 79.8 cm³/mol. The lowest BCUT2D eigenvalue weighted by Gasteiger charge is -2.17. The van der Waals surface area contributed by atoms with Gasteiger partial charge < -0.3 is 9.73 Å². The number of hydrogen-bond acceptors (Lipinski definition) is 2. The molecular weight excluding hydrogens is 269 g/mol. The number of carbonyl (C=O) groups is 1. The molecule has 3 rings (SSSR count). The second-order valence-electron chi connectivity index (χ2n) is 6.77. The highest BCUT2D eigenvalue weighted by atomic mass is 19.1. The molecule has 1 N–H and O–H groups in total. The topological polar surface area (TPSA) is 42.2 Å². The predicted octanol–water partition coefficient (Wildman–Crippen LogP) is 4.19. The van der Waals surface area contributed by atoms with E-state index in [-0.39, 0.29) is 23.2 Å². The van der Waals surface area contributed by atoms with Crippen molar-refractivity contribution in [3.05, 3.63) is 35.3 Å². The van der Waals surface area contributed by atoms with Crippen LogP contribution in [0.3, 0.4) is 0 Å². The molecule has 3 nitrogen and oxygen atoms in total. The minimum atomic E-state index is -0.323. The maximum Gasteiger partial charge on any atom is 0.287 e. The summed E-state index contributed by atoms with van der Waals surface area (Å²) in [6.45, 7) is 6.22. The molecule has 1 amide bonds. The van der Waals surface area contributed by atoms with Gasteiger partial charge in [0.1, 0.15) is 11.4 Å². The van der Waals surface area contributed by atoms with Gasteiger partial charge in [0.25, 0.3) is 5.91 Å². The third-order valence-electron chi connectivity index (χ3n) is 4.41. The van der Waals surface area contributed by atoms with E-state index in [1.807, 2.05) is 0 Å². The molecule has 2 aromatic rings. The number of nitrogens with one attached hydrogen (secondary N) is 1. The molecule has 0 saturated heterocycles. The van der Waals surface area contributed by atoms with E-state index in [4.69, 9.17) is 4.42 Å². The van der Waals surface area contributed by atoms with E-state index in [1.165, 1.54) is 12.1 Å². The summed E-state index contributed by atoms with van der Waals surface area (Å²) < 4.78 is 18.9. The van der Waals surface area contributed by atoms with Crippen molar-refractivity contribution < 1.29 is 13.6 Å². The summed E-state index contributed by atoms with van der Waals surface area (Å²) in [6, 6.07) is 4.50. The number of rotatable bonds is 2. The van der Waals surface area contributed by atoms with Gasteiger partial charge in [-0.05, 0) is 49.8 Å². The highest BCUT2D eigenvalue weighted by Crippen LogP contribution is 2.37. The molecule has 112 valence electrons. The van der Waals surface area contributed by atoms with Crippen molar-refractivity contribution in [3.8, 4) is 0 Å². The summed E-state index contributed by atoms with van der Waals surface area (Å²) in [5, 5.41) is 3.70. The normalized spacial score (nSPS) is 20.9. The molecule has 1 atom stereocenters. The van der Waals surface area contributed by atoms with Crippen LogP contribution >= 0.6 is 0 Å². The summed E-state index contributed by atoms with van der Waals surface area (Å²) in [5.74, 6) is -0.233. The fourth-order valence-electron chi connectivity index (χ4n) is 3.22. The van der Waals surface area contributed by atoms with Gasteiger partial charge in [-0.2, -0.15) is 0 Å². The SMILES string of the molecule is Cc1c(C(=O)NC2CCC(C)(C)C2)oc2ccc(F)cc12. The number of carbonyl (C=O) groups excluding carboxylic acids is 1. The Morgan fingerprint density at radius 2 is 2.19 bits per heavy atom. The molecule has 4 heteroatoms. The molecule has 0 bridgehead atoms. The van der Waals surface area contributed by atoms with Crippen LogP contribution in [-0.4, -0.2) is 11.9 Å². The molecule has 0 radical (unpaired) electrons. The van der Waals surface area contributed by atoms with Crippen LogP contribution in [0.2, 0.25) is 0 Å². The van der Waals surface area contributed by atoms with E-state index in [9.17, 15) is 9.18 Å². The monoisotopic (exact) mass is 289 g/mol. The van der Waals surface area contributed by atoms with E-state index in [1.54, 1.807) is 13.0 Å². The number of aryl methyl sites for hydroxylation is 1. The summed E-state index contributed by atoms with van der Waals surface area (Å²) in [5.41, 5.74) is 1.52. The van der Waals surface area contributed by atoms with E-state index >= 15 is 0 Å². The van der Waals surface area contributed by atoms with Gasteiger partial charge in [0.15, 0.2) is 5.76 Å². The zero-order valence-corrected chi connectivity index (χ0v) is 12.6. The van der Waals surface area contributed by atoms with Crippen LogP contribution in [0.4, 0.5) is 4.39 Å². The third-order valence-corrected chi connectivity index (χ3v) is 4.41. The first-order chi connectivity index (χ1) is 9.85. The number of hydrogen-bond donors (Lipinski definition) is 1. The number of amides is 1. The Hall–Kier alpha value is -1.84. The molecule has 1 fully saturated rings. The number of fused-ring (bicyclic) bond motifs is 1. The maximum atomic E-state index is 13.3. The van der Waals surface area contributed by atoms with Gasteiger partial charge in [-0.25, -0.2) is 4.39 Å². The molecule has 0 spiro atoms. The first-order valence-corrected chi connectivity index (χ1v) is 7.35. The van der Waals surface area contributed by atoms with Crippen LogP contribution in [0.15, 0.2) is 22.6 Å². The van der Waals surface area contributed by atoms with Gasteiger partial charge in [0.2, 0.25) is 0 Å². The van der Waals surface area contributed by atoms with Gasteiger partial charge in [0.05, 0.1) is 0 Å². The molecule has 1 aliphatic carbocycles.